The molecule has 5 nitrogen and oxygen atoms in total. The summed E-state index contributed by atoms with van der Waals surface area (Å²) in [6, 6.07) is 22.8. The van der Waals surface area contributed by atoms with Crippen LogP contribution in [0.25, 0.3) is 0 Å². The van der Waals surface area contributed by atoms with Gasteiger partial charge in [-0.15, -0.1) is 0 Å². The summed E-state index contributed by atoms with van der Waals surface area (Å²) < 4.78 is 19.8. The van der Waals surface area contributed by atoms with Crippen LogP contribution in [0.2, 0.25) is 5.02 Å². The number of carbonyl (C=O) groups excluding carboxylic acids is 2. The molecule has 7 heteroatoms. The van der Waals surface area contributed by atoms with Gasteiger partial charge >= 0.3 is 0 Å². The molecule has 3 aromatic rings. The number of benzene rings is 3. The van der Waals surface area contributed by atoms with Crippen molar-refractivity contribution in [2.45, 2.75) is 25.8 Å². The lowest BCUT2D eigenvalue weighted by Gasteiger charge is -2.42. The Morgan fingerprint density at radius 3 is 2.36 bits per heavy atom. The van der Waals surface area contributed by atoms with Gasteiger partial charge in [0.25, 0.3) is 5.91 Å². The van der Waals surface area contributed by atoms with Crippen molar-refractivity contribution in [3.05, 3.63) is 101 Å². The maximum atomic E-state index is 13.6. The van der Waals surface area contributed by atoms with E-state index < -0.39 is 11.2 Å². The zero-order valence-corrected chi connectivity index (χ0v) is 21.1. The number of likely N-dealkylation sites (tertiary alicyclic amines) is 1. The van der Waals surface area contributed by atoms with Crippen LogP contribution in [0.5, 0.6) is 5.75 Å². The first-order valence-corrected chi connectivity index (χ1v) is 12.4. The highest BCUT2D eigenvalue weighted by Gasteiger charge is 2.39. The summed E-state index contributed by atoms with van der Waals surface area (Å²) >= 11 is 6.00. The standard InChI is InChI=1S/C29H30ClFN2O3/c1-32(20-22-6-3-2-4-7-22)27(34)19-29(21-36-26-12-10-24(30)11-13-26)14-16-33(17-15-29)28(35)23-8-5-9-25(31)18-23/h2-13,18H,14-17,19-21H2,1H3. The van der Waals surface area contributed by atoms with E-state index in [-0.39, 0.29) is 11.8 Å². The molecule has 1 saturated heterocycles. The summed E-state index contributed by atoms with van der Waals surface area (Å²) in [5, 5.41) is 0.624. The molecule has 4 rings (SSSR count). The molecule has 188 valence electrons. The zero-order valence-electron chi connectivity index (χ0n) is 20.3. The summed E-state index contributed by atoms with van der Waals surface area (Å²) in [6.45, 7) is 1.81. The van der Waals surface area contributed by atoms with Gasteiger partial charge in [-0.3, -0.25) is 9.59 Å². The van der Waals surface area contributed by atoms with Gasteiger partial charge in [0, 0.05) is 49.1 Å². The summed E-state index contributed by atoms with van der Waals surface area (Å²) in [5.74, 6) is 0.0791. The Labute approximate surface area is 216 Å². The first-order chi connectivity index (χ1) is 17.3. The average molecular weight is 509 g/mol. The predicted molar refractivity (Wildman–Crippen MR) is 138 cm³/mol. The largest absolute Gasteiger partial charge is 0.493 e. The Hall–Kier alpha value is -3.38. The minimum absolute atomic E-state index is 0.0310. The second-order valence-corrected chi connectivity index (χ2v) is 9.89. The molecular weight excluding hydrogens is 479 g/mol. The Morgan fingerprint density at radius 1 is 1.00 bits per heavy atom. The van der Waals surface area contributed by atoms with Gasteiger partial charge in [0.2, 0.25) is 5.91 Å². The van der Waals surface area contributed by atoms with Crippen LogP contribution in [0, 0.1) is 11.2 Å². The highest BCUT2D eigenvalue weighted by molar-refractivity contribution is 6.30. The van der Waals surface area contributed by atoms with Crippen molar-refractivity contribution in [3.8, 4) is 5.75 Å². The molecule has 0 unspecified atom stereocenters. The molecule has 1 heterocycles. The van der Waals surface area contributed by atoms with Gasteiger partial charge in [-0.05, 0) is 60.9 Å². The molecule has 1 aliphatic heterocycles. The van der Waals surface area contributed by atoms with E-state index in [0.717, 1.165) is 5.56 Å². The Morgan fingerprint density at radius 2 is 1.69 bits per heavy atom. The minimum Gasteiger partial charge on any atom is -0.493 e. The fourth-order valence-corrected chi connectivity index (χ4v) is 4.65. The van der Waals surface area contributed by atoms with Gasteiger partial charge < -0.3 is 14.5 Å². The molecule has 1 aliphatic rings. The van der Waals surface area contributed by atoms with Gasteiger partial charge in [-0.1, -0.05) is 48.0 Å². The van der Waals surface area contributed by atoms with Crippen LogP contribution in [0.3, 0.4) is 0 Å². The van der Waals surface area contributed by atoms with Crippen molar-refractivity contribution < 1.29 is 18.7 Å². The highest BCUT2D eigenvalue weighted by Crippen LogP contribution is 2.37. The maximum absolute atomic E-state index is 13.6. The van der Waals surface area contributed by atoms with Crippen molar-refractivity contribution in [2.75, 3.05) is 26.7 Å². The maximum Gasteiger partial charge on any atom is 0.253 e. The van der Waals surface area contributed by atoms with Crippen LogP contribution in [0.4, 0.5) is 4.39 Å². The second-order valence-electron chi connectivity index (χ2n) is 9.46. The number of carbonyl (C=O) groups is 2. The number of rotatable bonds is 8. The van der Waals surface area contributed by atoms with Crippen molar-refractivity contribution >= 4 is 23.4 Å². The average Bonchev–Trinajstić information content (AvgIpc) is 2.89. The van der Waals surface area contributed by atoms with Crippen LogP contribution in [0.15, 0.2) is 78.9 Å². The van der Waals surface area contributed by atoms with E-state index in [0.29, 0.717) is 61.8 Å². The molecule has 3 aromatic carbocycles. The van der Waals surface area contributed by atoms with E-state index in [1.807, 2.05) is 49.5 Å². The number of nitrogens with zero attached hydrogens (tertiary/aromatic N) is 2. The predicted octanol–water partition coefficient (Wildman–Crippen LogP) is 5.83. The van der Waals surface area contributed by atoms with Crippen molar-refractivity contribution in [1.82, 2.24) is 9.80 Å². The first kappa shape index (κ1) is 25.7. The van der Waals surface area contributed by atoms with Crippen LogP contribution in [-0.4, -0.2) is 48.4 Å². The Bertz CT molecular complexity index is 1180. The lowest BCUT2D eigenvalue weighted by atomic mass is 9.75. The molecule has 0 N–H and O–H groups in total. The number of halogens is 2. The van der Waals surface area contributed by atoms with Crippen molar-refractivity contribution in [1.29, 1.82) is 0 Å². The fourth-order valence-electron chi connectivity index (χ4n) is 4.53. The third-order valence-corrected chi connectivity index (χ3v) is 7.01. The van der Waals surface area contributed by atoms with E-state index in [1.54, 1.807) is 28.0 Å². The zero-order chi connectivity index (χ0) is 25.5. The topological polar surface area (TPSA) is 49.9 Å². The van der Waals surface area contributed by atoms with E-state index in [1.165, 1.54) is 18.2 Å². The molecule has 0 aliphatic carbocycles. The van der Waals surface area contributed by atoms with Crippen LogP contribution in [0.1, 0.15) is 35.2 Å². The molecule has 0 spiro atoms. The Balaban J connectivity index is 1.45. The SMILES string of the molecule is CN(Cc1ccccc1)C(=O)CC1(COc2ccc(Cl)cc2)CCN(C(=O)c2cccc(F)c2)CC1. The molecule has 2 amide bonds. The number of amides is 2. The second kappa shape index (κ2) is 11.6. The van der Waals surface area contributed by atoms with E-state index >= 15 is 0 Å². The number of ether oxygens (including phenoxy) is 1. The molecule has 0 radical (unpaired) electrons. The van der Waals surface area contributed by atoms with Crippen LogP contribution in [-0.2, 0) is 11.3 Å². The number of hydrogen-bond donors (Lipinski definition) is 0. The van der Waals surface area contributed by atoms with Crippen LogP contribution < -0.4 is 4.74 Å². The fraction of sp³-hybridized carbons (Fsp3) is 0.310. The lowest BCUT2D eigenvalue weighted by molar-refractivity contribution is -0.134. The van der Waals surface area contributed by atoms with Gasteiger partial charge in [0.1, 0.15) is 11.6 Å². The Kier molecular flexibility index (Phi) is 8.26. The van der Waals surface area contributed by atoms with Gasteiger partial charge in [0.15, 0.2) is 0 Å². The third kappa shape index (κ3) is 6.64. The molecule has 1 fully saturated rings. The summed E-state index contributed by atoms with van der Waals surface area (Å²) in [5.41, 5.74) is 0.967. The molecule has 0 saturated carbocycles. The molecule has 36 heavy (non-hydrogen) atoms. The summed E-state index contributed by atoms with van der Waals surface area (Å²) in [4.78, 5) is 29.7. The van der Waals surface area contributed by atoms with Gasteiger partial charge in [-0.25, -0.2) is 4.39 Å². The van der Waals surface area contributed by atoms with E-state index in [4.69, 9.17) is 16.3 Å². The van der Waals surface area contributed by atoms with E-state index in [2.05, 4.69) is 0 Å². The first-order valence-electron chi connectivity index (χ1n) is 12.0. The molecule has 0 atom stereocenters. The third-order valence-electron chi connectivity index (χ3n) is 6.76. The van der Waals surface area contributed by atoms with Crippen LogP contribution >= 0.6 is 11.6 Å². The molecular formula is C29H30ClFN2O3. The van der Waals surface area contributed by atoms with Gasteiger partial charge in [-0.2, -0.15) is 0 Å². The quantitative estimate of drug-likeness (QED) is 0.384. The van der Waals surface area contributed by atoms with E-state index in [9.17, 15) is 14.0 Å². The van der Waals surface area contributed by atoms with Crippen molar-refractivity contribution in [3.63, 3.8) is 0 Å². The lowest BCUT2D eigenvalue weighted by Crippen LogP contribution is -2.47. The normalized spacial score (nSPS) is 14.8. The van der Waals surface area contributed by atoms with Gasteiger partial charge in [0.05, 0.1) is 6.61 Å². The molecule has 0 bridgehead atoms. The highest BCUT2D eigenvalue weighted by atomic mass is 35.5. The van der Waals surface area contributed by atoms with Crippen molar-refractivity contribution in [2.24, 2.45) is 5.41 Å². The number of piperidine rings is 1. The number of hydrogen-bond acceptors (Lipinski definition) is 3. The summed E-state index contributed by atoms with van der Waals surface area (Å²) in [6.07, 6.45) is 1.52. The summed E-state index contributed by atoms with van der Waals surface area (Å²) in [7, 11) is 1.81. The monoisotopic (exact) mass is 508 g/mol. The minimum atomic E-state index is -0.435. The molecule has 0 aromatic heterocycles. The smallest absolute Gasteiger partial charge is 0.253 e.